The Labute approximate surface area is 151 Å². The first-order valence-corrected chi connectivity index (χ1v) is 9.24. The number of hydrogen-bond acceptors (Lipinski definition) is 5. The van der Waals surface area contributed by atoms with Crippen molar-refractivity contribution in [2.75, 3.05) is 39.5 Å². The Balaban J connectivity index is 1.59. The molecule has 0 aliphatic carbocycles. The molecule has 0 radical (unpaired) electrons. The van der Waals surface area contributed by atoms with E-state index in [1.807, 2.05) is 38.1 Å². The molecule has 0 amide bonds. The van der Waals surface area contributed by atoms with E-state index in [4.69, 9.17) is 14.2 Å². The zero-order valence-corrected chi connectivity index (χ0v) is 15.7. The van der Waals surface area contributed by atoms with Crippen LogP contribution in [0.5, 0.6) is 5.75 Å². The number of hydrogen-bond donors (Lipinski definition) is 0. The van der Waals surface area contributed by atoms with Gasteiger partial charge in [-0.1, -0.05) is 0 Å². The molecule has 2 rings (SSSR count). The highest BCUT2D eigenvalue weighted by Crippen LogP contribution is 2.19. The summed E-state index contributed by atoms with van der Waals surface area (Å²) < 4.78 is 17.1. The molecule has 1 aliphatic rings. The fraction of sp³-hybridized carbons (Fsp3) is 0.650. The number of carbonyl (C=O) groups is 1. The molecule has 0 unspecified atom stereocenters. The number of carbonyl (C=O) groups excluding carboxylic acids is 1. The molecule has 1 aromatic carbocycles. The Hall–Kier alpha value is -1.43. The number of Topliss-reactive ketones (excluding diaryl/α,β-unsaturated/α-hetero) is 1. The fourth-order valence-electron chi connectivity index (χ4n) is 2.85. The van der Waals surface area contributed by atoms with Gasteiger partial charge in [0.1, 0.15) is 11.9 Å². The van der Waals surface area contributed by atoms with Crippen molar-refractivity contribution in [3.8, 4) is 5.75 Å². The highest BCUT2D eigenvalue weighted by Gasteiger charge is 2.20. The summed E-state index contributed by atoms with van der Waals surface area (Å²) in [4.78, 5) is 13.7. The van der Waals surface area contributed by atoms with E-state index < -0.39 is 0 Å². The van der Waals surface area contributed by atoms with Gasteiger partial charge in [0.15, 0.2) is 5.78 Å². The number of nitrogens with zero attached hydrogens (tertiary/aromatic N) is 1. The first kappa shape index (κ1) is 19.9. The zero-order valence-electron chi connectivity index (χ0n) is 15.7. The second-order valence-corrected chi connectivity index (χ2v) is 6.77. The summed E-state index contributed by atoms with van der Waals surface area (Å²) in [5.41, 5.74) is 0.723. The van der Waals surface area contributed by atoms with Crippen molar-refractivity contribution in [3.63, 3.8) is 0 Å². The van der Waals surface area contributed by atoms with E-state index >= 15 is 0 Å². The lowest BCUT2D eigenvalue weighted by Gasteiger charge is -2.32. The van der Waals surface area contributed by atoms with Crippen molar-refractivity contribution < 1.29 is 19.0 Å². The third-order valence-electron chi connectivity index (χ3n) is 4.33. The van der Waals surface area contributed by atoms with Crippen LogP contribution in [0, 0.1) is 0 Å². The Morgan fingerprint density at radius 1 is 1.12 bits per heavy atom. The molecule has 25 heavy (non-hydrogen) atoms. The predicted molar refractivity (Wildman–Crippen MR) is 98.4 cm³/mol. The summed E-state index contributed by atoms with van der Waals surface area (Å²) in [7, 11) is 0. The van der Waals surface area contributed by atoms with Crippen LogP contribution in [-0.2, 0) is 9.47 Å². The maximum absolute atomic E-state index is 11.3. The van der Waals surface area contributed by atoms with Gasteiger partial charge in [-0.15, -0.1) is 0 Å². The van der Waals surface area contributed by atoms with Gasteiger partial charge in [-0.3, -0.25) is 4.79 Å². The molecule has 0 saturated carbocycles. The van der Waals surface area contributed by atoms with Crippen molar-refractivity contribution in [2.24, 2.45) is 0 Å². The minimum atomic E-state index is 0.0813. The third-order valence-corrected chi connectivity index (χ3v) is 4.33. The van der Waals surface area contributed by atoms with Crippen molar-refractivity contribution in [1.29, 1.82) is 0 Å². The van der Waals surface area contributed by atoms with E-state index in [1.54, 1.807) is 6.92 Å². The summed E-state index contributed by atoms with van der Waals surface area (Å²) in [6, 6.07) is 7.42. The largest absolute Gasteiger partial charge is 0.490 e. The second-order valence-electron chi connectivity index (χ2n) is 6.77. The average Bonchev–Trinajstić information content (AvgIpc) is 2.59. The molecule has 1 aromatic rings. The van der Waals surface area contributed by atoms with Crippen LogP contribution >= 0.6 is 0 Å². The van der Waals surface area contributed by atoms with Gasteiger partial charge in [0.25, 0.3) is 0 Å². The first-order valence-electron chi connectivity index (χ1n) is 9.24. The molecule has 0 atom stereocenters. The molecule has 0 aromatic heterocycles. The number of ketones is 1. The molecule has 1 heterocycles. The molecule has 5 heteroatoms. The molecule has 140 valence electrons. The molecule has 5 nitrogen and oxygen atoms in total. The van der Waals surface area contributed by atoms with Crippen LogP contribution in [0.15, 0.2) is 24.3 Å². The molecule has 1 aliphatic heterocycles. The highest BCUT2D eigenvalue weighted by atomic mass is 16.5. The third kappa shape index (κ3) is 7.55. The smallest absolute Gasteiger partial charge is 0.159 e. The Kier molecular flexibility index (Phi) is 8.38. The molecule has 1 saturated heterocycles. The van der Waals surface area contributed by atoms with E-state index in [2.05, 4.69) is 4.90 Å². The van der Waals surface area contributed by atoms with E-state index in [0.717, 1.165) is 50.4 Å². The number of benzene rings is 1. The Bertz CT molecular complexity index is 507. The van der Waals surface area contributed by atoms with E-state index in [-0.39, 0.29) is 18.0 Å². The first-order chi connectivity index (χ1) is 12.0. The normalized spacial score (nSPS) is 16.3. The SMILES string of the molecule is CC(=O)c1ccc(OC2CCN(CCOCCOC(C)C)CC2)cc1. The van der Waals surface area contributed by atoms with Gasteiger partial charge in [0.2, 0.25) is 0 Å². The zero-order chi connectivity index (χ0) is 18.1. The van der Waals surface area contributed by atoms with Gasteiger partial charge in [-0.25, -0.2) is 0 Å². The van der Waals surface area contributed by atoms with Crippen molar-refractivity contribution in [1.82, 2.24) is 4.90 Å². The number of rotatable bonds is 10. The van der Waals surface area contributed by atoms with Gasteiger partial charge in [-0.05, 0) is 57.9 Å². The maximum atomic E-state index is 11.3. The van der Waals surface area contributed by atoms with Crippen molar-refractivity contribution in [3.05, 3.63) is 29.8 Å². The van der Waals surface area contributed by atoms with Crippen molar-refractivity contribution >= 4 is 5.78 Å². The molecular weight excluding hydrogens is 318 g/mol. The Morgan fingerprint density at radius 2 is 1.80 bits per heavy atom. The highest BCUT2D eigenvalue weighted by molar-refractivity contribution is 5.94. The minimum Gasteiger partial charge on any atom is -0.490 e. The topological polar surface area (TPSA) is 48.0 Å². The van der Waals surface area contributed by atoms with Crippen LogP contribution in [0.25, 0.3) is 0 Å². The standard InChI is InChI=1S/C20H31NO4/c1-16(2)24-15-14-23-13-12-21-10-8-20(9-11-21)25-19-6-4-18(5-7-19)17(3)22/h4-7,16,20H,8-15H2,1-3H3. The van der Waals surface area contributed by atoms with Crippen LogP contribution in [0.3, 0.4) is 0 Å². The summed E-state index contributed by atoms with van der Waals surface area (Å²) in [5, 5.41) is 0. The monoisotopic (exact) mass is 349 g/mol. The minimum absolute atomic E-state index is 0.0813. The van der Waals surface area contributed by atoms with Gasteiger partial charge < -0.3 is 19.1 Å². The quantitative estimate of drug-likeness (QED) is 0.480. The van der Waals surface area contributed by atoms with Gasteiger partial charge in [0.05, 0.1) is 25.9 Å². The van der Waals surface area contributed by atoms with Gasteiger partial charge in [-0.2, -0.15) is 0 Å². The number of piperidine rings is 1. The van der Waals surface area contributed by atoms with E-state index in [0.29, 0.717) is 13.2 Å². The summed E-state index contributed by atoms with van der Waals surface area (Å²) in [5.74, 6) is 0.926. The average molecular weight is 349 g/mol. The van der Waals surface area contributed by atoms with Crippen LogP contribution < -0.4 is 4.74 Å². The summed E-state index contributed by atoms with van der Waals surface area (Å²) >= 11 is 0. The number of ether oxygens (including phenoxy) is 3. The van der Waals surface area contributed by atoms with E-state index in [9.17, 15) is 4.79 Å². The van der Waals surface area contributed by atoms with E-state index in [1.165, 1.54) is 0 Å². The lowest BCUT2D eigenvalue weighted by molar-refractivity contribution is 0.00963. The lowest BCUT2D eigenvalue weighted by atomic mass is 10.1. The summed E-state index contributed by atoms with van der Waals surface area (Å²) in [6.45, 7) is 10.7. The predicted octanol–water partition coefficient (Wildman–Crippen LogP) is 3.17. The van der Waals surface area contributed by atoms with Gasteiger partial charge in [0, 0.05) is 25.2 Å². The molecule has 1 fully saturated rings. The van der Waals surface area contributed by atoms with Crippen LogP contribution in [0.2, 0.25) is 0 Å². The van der Waals surface area contributed by atoms with Crippen LogP contribution in [-0.4, -0.2) is 62.3 Å². The van der Waals surface area contributed by atoms with Crippen LogP contribution in [0.1, 0.15) is 44.0 Å². The molecular formula is C20H31NO4. The summed E-state index contributed by atoms with van der Waals surface area (Å²) in [6.07, 6.45) is 2.55. The van der Waals surface area contributed by atoms with Crippen LogP contribution in [0.4, 0.5) is 0 Å². The molecule has 0 N–H and O–H groups in total. The second kappa shape index (κ2) is 10.5. The maximum Gasteiger partial charge on any atom is 0.159 e. The Morgan fingerprint density at radius 3 is 2.40 bits per heavy atom. The lowest BCUT2D eigenvalue weighted by Crippen LogP contribution is -2.39. The van der Waals surface area contributed by atoms with Gasteiger partial charge >= 0.3 is 0 Å². The van der Waals surface area contributed by atoms with Crippen molar-refractivity contribution in [2.45, 2.75) is 45.8 Å². The number of likely N-dealkylation sites (tertiary alicyclic amines) is 1. The molecule has 0 spiro atoms. The fourth-order valence-corrected chi connectivity index (χ4v) is 2.85. The molecule has 0 bridgehead atoms.